The fraction of sp³-hybridized carbons (Fsp3) is 0.143. The lowest BCUT2D eigenvalue weighted by Gasteiger charge is -2.03. The molecule has 0 saturated heterocycles. The molecule has 82 valence electrons. The summed E-state index contributed by atoms with van der Waals surface area (Å²) in [5, 5.41) is 8.88. The summed E-state index contributed by atoms with van der Waals surface area (Å²) in [5.41, 5.74) is 2.94. The second-order valence-corrected chi connectivity index (χ2v) is 4.15. The molecule has 3 heteroatoms. The number of carbonyl (C=O) groups excluding carboxylic acids is 1. The van der Waals surface area contributed by atoms with E-state index < -0.39 is 0 Å². The van der Waals surface area contributed by atoms with Gasteiger partial charge in [-0.1, -0.05) is 6.07 Å². The highest BCUT2D eigenvalue weighted by atomic mass is 16.1. The van der Waals surface area contributed by atoms with Gasteiger partial charge in [0.2, 0.25) is 5.78 Å². The Labute approximate surface area is 98.9 Å². The Morgan fingerprint density at radius 3 is 3.00 bits per heavy atom. The van der Waals surface area contributed by atoms with E-state index in [0.717, 1.165) is 18.5 Å². The first-order chi connectivity index (χ1) is 8.29. The van der Waals surface area contributed by atoms with Gasteiger partial charge in [-0.15, -0.1) is 0 Å². The fourth-order valence-electron chi connectivity index (χ4n) is 2.27. The summed E-state index contributed by atoms with van der Waals surface area (Å²) in [6.45, 7) is 0.812. The topological polar surface area (TPSA) is 45.8 Å². The van der Waals surface area contributed by atoms with Crippen LogP contribution in [0.25, 0.3) is 0 Å². The predicted molar refractivity (Wildman–Crippen MR) is 62.7 cm³/mol. The number of ketones is 1. The Hall–Kier alpha value is -2.34. The van der Waals surface area contributed by atoms with Crippen LogP contribution in [0.4, 0.5) is 0 Å². The quantitative estimate of drug-likeness (QED) is 0.685. The largest absolute Gasteiger partial charge is 0.344 e. The normalized spacial score (nSPS) is 13.5. The summed E-state index contributed by atoms with van der Waals surface area (Å²) in [5.74, 6) is 0.0135. The molecule has 3 rings (SSSR count). The van der Waals surface area contributed by atoms with Gasteiger partial charge in [0.05, 0.1) is 17.3 Å². The highest BCUT2D eigenvalue weighted by Gasteiger charge is 2.20. The molecule has 1 aromatic heterocycles. The van der Waals surface area contributed by atoms with Crippen molar-refractivity contribution < 1.29 is 4.79 Å². The number of benzene rings is 1. The van der Waals surface area contributed by atoms with Crippen LogP contribution in [0.15, 0.2) is 36.5 Å². The van der Waals surface area contributed by atoms with Gasteiger partial charge in [-0.05, 0) is 36.2 Å². The smallest absolute Gasteiger partial charge is 0.209 e. The molecule has 0 aliphatic carbocycles. The first-order valence-electron chi connectivity index (χ1n) is 5.52. The summed E-state index contributed by atoms with van der Waals surface area (Å²) < 4.78 is 1.97. The number of fused-ring (bicyclic) bond motifs is 2. The van der Waals surface area contributed by atoms with Crippen molar-refractivity contribution in [2.45, 2.75) is 13.0 Å². The van der Waals surface area contributed by atoms with Crippen LogP contribution in [0.3, 0.4) is 0 Å². The molecular formula is C14H10N2O. The van der Waals surface area contributed by atoms with Crippen LogP contribution in [0.1, 0.15) is 27.2 Å². The van der Waals surface area contributed by atoms with Crippen LogP contribution in [0, 0.1) is 11.3 Å². The molecule has 0 bridgehead atoms. The van der Waals surface area contributed by atoms with Crippen LogP contribution in [0.2, 0.25) is 0 Å². The van der Waals surface area contributed by atoms with Crippen molar-refractivity contribution in [1.29, 1.82) is 5.26 Å². The van der Waals surface area contributed by atoms with Crippen LogP contribution >= 0.6 is 0 Å². The Balaban J connectivity index is 2.21. The molecule has 17 heavy (non-hydrogen) atoms. The lowest BCUT2D eigenvalue weighted by atomic mass is 9.98. The lowest BCUT2D eigenvalue weighted by molar-refractivity contribution is 0.103. The molecule has 0 amide bonds. The van der Waals surface area contributed by atoms with E-state index in [9.17, 15) is 4.79 Å². The Kier molecular flexibility index (Phi) is 2.09. The number of hydrogen-bond donors (Lipinski definition) is 0. The van der Waals surface area contributed by atoms with Crippen molar-refractivity contribution >= 4 is 5.78 Å². The van der Waals surface area contributed by atoms with Gasteiger partial charge in [-0.25, -0.2) is 0 Å². The van der Waals surface area contributed by atoms with Crippen molar-refractivity contribution in [3.63, 3.8) is 0 Å². The van der Waals surface area contributed by atoms with E-state index in [0.29, 0.717) is 16.8 Å². The summed E-state index contributed by atoms with van der Waals surface area (Å²) in [4.78, 5) is 12.3. The zero-order chi connectivity index (χ0) is 11.8. The highest BCUT2D eigenvalue weighted by Crippen LogP contribution is 2.21. The minimum absolute atomic E-state index is 0.0135. The SMILES string of the molecule is N#Cc1ccc2c(c1)C(=O)c1cccn1CC2. The molecule has 0 N–H and O–H groups in total. The number of aryl methyl sites for hydroxylation is 2. The molecule has 0 spiro atoms. The van der Waals surface area contributed by atoms with Crippen molar-refractivity contribution in [1.82, 2.24) is 4.57 Å². The third kappa shape index (κ3) is 1.46. The van der Waals surface area contributed by atoms with Gasteiger partial charge in [-0.3, -0.25) is 4.79 Å². The van der Waals surface area contributed by atoms with Gasteiger partial charge in [0.15, 0.2) is 0 Å². The van der Waals surface area contributed by atoms with Gasteiger partial charge in [-0.2, -0.15) is 5.26 Å². The summed E-state index contributed by atoms with van der Waals surface area (Å²) in [7, 11) is 0. The van der Waals surface area contributed by atoms with Crippen molar-refractivity contribution in [2.75, 3.05) is 0 Å². The van der Waals surface area contributed by atoms with Gasteiger partial charge >= 0.3 is 0 Å². The molecule has 2 aromatic rings. The molecule has 0 unspecified atom stereocenters. The fourth-order valence-corrected chi connectivity index (χ4v) is 2.27. The molecule has 1 aromatic carbocycles. The second kappa shape index (κ2) is 3.60. The maximum atomic E-state index is 12.3. The van der Waals surface area contributed by atoms with Crippen LogP contribution in [-0.2, 0) is 13.0 Å². The number of hydrogen-bond acceptors (Lipinski definition) is 2. The molecule has 0 radical (unpaired) electrons. The van der Waals surface area contributed by atoms with Gasteiger partial charge in [0.1, 0.15) is 0 Å². The van der Waals surface area contributed by atoms with E-state index in [-0.39, 0.29) is 5.78 Å². The Morgan fingerprint density at radius 1 is 1.29 bits per heavy atom. The van der Waals surface area contributed by atoms with Gasteiger partial charge in [0, 0.05) is 18.3 Å². The van der Waals surface area contributed by atoms with E-state index in [4.69, 9.17) is 5.26 Å². The number of nitriles is 1. The standard InChI is InChI=1S/C14H10N2O/c15-9-10-3-4-11-5-7-16-6-1-2-13(16)14(17)12(11)8-10/h1-4,6,8H,5,7H2. The average Bonchev–Trinajstić information content (AvgIpc) is 2.79. The van der Waals surface area contributed by atoms with Gasteiger partial charge in [0.25, 0.3) is 0 Å². The number of nitrogens with zero attached hydrogens (tertiary/aromatic N) is 2. The zero-order valence-corrected chi connectivity index (χ0v) is 9.18. The van der Waals surface area contributed by atoms with Crippen molar-refractivity contribution in [2.24, 2.45) is 0 Å². The average molecular weight is 222 g/mol. The van der Waals surface area contributed by atoms with E-state index in [1.165, 1.54) is 0 Å². The molecule has 0 fully saturated rings. The molecule has 2 heterocycles. The number of aromatic nitrogens is 1. The summed E-state index contributed by atoms with van der Waals surface area (Å²) in [6.07, 6.45) is 2.75. The van der Waals surface area contributed by atoms with E-state index >= 15 is 0 Å². The molecular weight excluding hydrogens is 212 g/mol. The summed E-state index contributed by atoms with van der Waals surface area (Å²) in [6, 6.07) is 11.1. The molecule has 1 aliphatic heterocycles. The predicted octanol–water partition coefficient (Wildman–Crippen LogP) is 2.15. The van der Waals surface area contributed by atoms with Crippen molar-refractivity contribution in [3.05, 3.63) is 58.9 Å². The molecule has 3 nitrogen and oxygen atoms in total. The monoisotopic (exact) mass is 222 g/mol. The van der Waals surface area contributed by atoms with Crippen LogP contribution in [0.5, 0.6) is 0 Å². The maximum absolute atomic E-state index is 12.3. The van der Waals surface area contributed by atoms with Crippen LogP contribution < -0.4 is 0 Å². The summed E-state index contributed by atoms with van der Waals surface area (Å²) >= 11 is 0. The van der Waals surface area contributed by atoms with Crippen molar-refractivity contribution in [3.8, 4) is 6.07 Å². The van der Waals surface area contributed by atoms with E-state index in [2.05, 4.69) is 6.07 Å². The highest BCUT2D eigenvalue weighted by molar-refractivity contribution is 6.09. The minimum atomic E-state index is 0.0135. The first-order valence-corrected chi connectivity index (χ1v) is 5.52. The zero-order valence-electron chi connectivity index (χ0n) is 9.18. The maximum Gasteiger partial charge on any atom is 0.209 e. The van der Waals surface area contributed by atoms with E-state index in [1.807, 2.05) is 29.0 Å². The molecule has 0 saturated carbocycles. The third-order valence-electron chi connectivity index (χ3n) is 3.17. The molecule has 0 atom stereocenters. The Bertz CT molecular complexity index is 646. The minimum Gasteiger partial charge on any atom is -0.344 e. The van der Waals surface area contributed by atoms with Gasteiger partial charge < -0.3 is 4.57 Å². The lowest BCUT2D eigenvalue weighted by Crippen LogP contribution is -2.06. The first kappa shape index (κ1) is 9.86. The van der Waals surface area contributed by atoms with E-state index in [1.54, 1.807) is 12.1 Å². The number of carbonyl (C=O) groups is 1. The third-order valence-corrected chi connectivity index (χ3v) is 3.17. The number of rotatable bonds is 0. The second-order valence-electron chi connectivity index (χ2n) is 4.15. The van der Waals surface area contributed by atoms with Crippen LogP contribution in [-0.4, -0.2) is 10.4 Å². The Morgan fingerprint density at radius 2 is 2.18 bits per heavy atom. The molecule has 1 aliphatic rings.